The Labute approximate surface area is 97.8 Å². The van der Waals surface area contributed by atoms with Crippen LogP contribution in [0.2, 0.25) is 0 Å². The molecule has 0 fully saturated rings. The van der Waals surface area contributed by atoms with Crippen molar-refractivity contribution in [3.8, 4) is 6.07 Å². The quantitative estimate of drug-likeness (QED) is 0.714. The summed E-state index contributed by atoms with van der Waals surface area (Å²) in [6, 6.07) is 5.05. The molecular weight excluding hydrogens is 218 g/mol. The standard InChI is InChI=1S/C12H9N3O2/c1-7-10(8-2-4-14-5-3-8)11(16)9(6-13)12(17)15-7/h2-5,9H,1H3,(H,15,17). The average Bonchev–Trinajstić information content (AvgIpc) is 2.30. The Hall–Kier alpha value is -2.48. The van der Waals surface area contributed by atoms with E-state index in [0.717, 1.165) is 0 Å². The van der Waals surface area contributed by atoms with Gasteiger partial charge in [0, 0.05) is 23.7 Å². The van der Waals surface area contributed by atoms with Crippen LogP contribution in [0.4, 0.5) is 0 Å². The van der Waals surface area contributed by atoms with Crippen molar-refractivity contribution in [1.82, 2.24) is 10.3 Å². The van der Waals surface area contributed by atoms with Crippen molar-refractivity contribution in [3.63, 3.8) is 0 Å². The molecule has 2 rings (SSSR count). The van der Waals surface area contributed by atoms with E-state index in [2.05, 4.69) is 10.3 Å². The normalized spacial score (nSPS) is 19.9. The van der Waals surface area contributed by atoms with Gasteiger partial charge in [0.15, 0.2) is 11.7 Å². The topological polar surface area (TPSA) is 82.8 Å². The van der Waals surface area contributed by atoms with Crippen LogP contribution in [-0.4, -0.2) is 16.7 Å². The first kappa shape index (κ1) is 11.0. The molecule has 0 aliphatic carbocycles. The van der Waals surface area contributed by atoms with Crippen LogP contribution in [0.3, 0.4) is 0 Å². The predicted octanol–water partition coefficient (Wildman–Crippen LogP) is 0.651. The highest BCUT2D eigenvalue weighted by molar-refractivity contribution is 6.31. The Morgan fingerprint density at radius 2 is 2.00 bits per heavy atom. The zero-order valence-electron chi connectivity index (χ0n) is 9.10. The number of nitrogens with one attached hydrogen (secondary N) is 1. The van der Waals surface area contributed by atoms with Gasteiger partial charge in [-0.25, -0.2) is 0 Å². The molecule has 1 atom stereocenters. The first-order chi connectivity index (χ1) is 8.15. The fraction of sp³-hybridized carbons (Fsp3) is 0.167. The van der Waals surface area contributed by atoms with Crippen molar-refractivity contribution in [1.29, 1.82) is 5.26 Å². The van der Waals surface area contributed by atoms with Gasteiger partial charge in [-0.2, -0.15) is 5.26 Å². The van der Waals surface area contributed by atoms with Crippen molar-refractivity contribution in [2.45, 2.75) is 6.92 Å². The van der Waals surface area contributed by atoms with E-state index in [1.54, 1.807) is 37.5 Å². The highest BCUT2D eigenvalue weighted by Gasteiger charge is 2.35. The van der Waals surface area contributed by atoms with Crippen LogP contribution < -0.4 is 5.32 Å². The summed E-state index contributed by atoms with van der Waals surface area (Å²) in [6.45, 7) is 1.64. The molecule has 1 unspecified atom stereocenters. The monoisotopic (exact) mass is 227 g/mol. The SMILES string of the molecule is CC1=C(c2ccncc2)C(=O)C(C#N)C(=O)N1. The summed E-state index contributed by atoms with van der Waals surface area (Å²) in [5.41, 5.74) is 1.50. The number of carbonyl (C=O) groups excluding carboxylic acids is 2. The van der Waals surface area contributed by atoms with E-state index in [0.29, 0.717) is 16.8 Å². The van der Waals surface area contributed by atoms with Gasteiger partial charge in [-0.1, -0.05) is 0 Å². The van der Waals surface area contributed by atoms with E-state index in [1.165, 1.54) is 0 Å². The zero-order chi connectivity index (χ0) is 12.4. The van der Waals surface area contributed by atoms with E-state index >= 15 is 0 Å². The third kappa shape index (κ3) is 1.81. The number of hydrogen-bond donors (Lipinski definition) is 1. The molecule has 1 amide bonds. The summed E-state index contributed by atoms with van der Waals surface area (Å²) < 4.78 is 0. The predicted molar refractivity (Wildman–Crippen MR) is 59.1 cm³/mol. The Morgan fingerprint density at radius 1 is 1.35 bits per heavy atom. The highest BCUT2D eigenvalue weighted by atomic mass is 16.2. The molecule has 0 saturated carbocycles. The number of hydrogen-bond acceptors (Lipinski definition) is 4. The molecule has 0 spiro atoms. The molecule has 2 heterocycles. The van der Waals surface area contributed by atoms with Gasteiger partial charge >= 0.3 is 0 Å². The molecule has 1 N–H and O–H groups in total. The molecule has 0 bridgehead atoms. The van der Waals surface area contributed by atoms with Gasteiger partial charge in [-0.15, -0.1) is 0 Å². The summed E-state index contributed by atoms with van der Waals surface area (Å²) >= 11 is 0. The minimum Gasteiger partial charge on any atom is -0.328 e. The summed E-state index contributed by atoms with van der Waals surface area (Å²) in [4.78, 5) is 27.3. The summed E-state index contributed by atoms with van der Waals surface area (Å²) in [6.07, 6.45) is 3.11. The Balaban J connectivity index is 2.53. The number of nitrogens with zero attached hydrogens (tertiary/aromatic N) is 2. The van der Waals surface area contributed by atoms with Crippen LogP contribution in [0.25, 0.3) is 5.57 Å². The third-order valence-electron chi connectivity index (χ3n) is 2.55. The fourth-order valence-electron chi connectivity index (χ4n) is 1.76. The first-order valence-corrected chi connectivity index (χ1v) is 5.01. The van der Waals surface area contributed by atoms with E-state index in [9.17, 15) is 9.59 Å². The molecular formula is C12H9N3O2. The highest BCUT2D eigenvalue weighted by Crippen LogP contribution is 2.25. The van der Waals surface area contributed by atoms with E-state index in [1.807, 2.05) is 0 Å². The molecule has 1 aromatic rings. The molecule has 84 valence electrons. The molecule has 1 aromatic heterocycles. The van der Waals surface area contributed by atoms with Gasteiger partial charge in [0.2, 0.25) is 5.91 Å². The molecule has 5 nitrogen and oxygen atoms in total. The van der Waals surface area contributed by atoms with Gasteiger partial charge in [0.05, 0.1) is 6.07 Å². The second-order valence-corrected chi connectivity index (χ2v) is 3.65. The van der Waals surface area contributed by atoms with Crippen LogP contribution in [0.5, 0.6) is 0 Å². The van der Waals surface area contributed by atoms with Crippen LogP contribution in [0.1, 0.15) is 12.5 Å². The Kier molecular flexibility index (Phi) is 2.71. The number of aromatic nitrogens is 1. The largest absolute Gasteiger partial charge is 0.328 e. The molecule has 17 heavy (non-hydrogen) atoms. The third-order valence-corrected chi connectivity index (χ3v) is 2.55. The number of carbonyl (C=O) groups is 2. The van der Waals surface area contributed by atoms with Crippen LogP contribution >= 0.6 is 0 Å². The van der Waals surface area contributed by atoms with E-state index in [4.69, 9.17) is 5.26 Å². The van der Waals surface area contributed by atoms with Crippen LogP contribution in [0.15, 0.2) is 30.2 Å². The van der Waals surface area contributed by atoms with Crippen molar-refractivity contribution in [2.24, 2.45) is 5.92 Å². The molecule has 1 aliphatic rings. The molecule has 5 heteroatoms. The van der Waals surface area contributed by atoms with Gasteiger partial charge in [0.25, 0.3) is 0 Å². The van der Waals surface area contributed by atoms with E-state index in [-0.39, 0.29) is 0 Å². The summed E-state index contributed by atoms with van der Waals surface area (Å²) in [5.74, 6) is -2.28. The zero-order valence-corrected chi connectivity index (χ0v) is 9.10. The maximum absolute atomic E-state index is 12.0. The number of amides is 1. The molecule has 0 aromatic carbocycles. The maximum atomic E-state index is 12.0. The maximum Gasteiger partial charge on any atom is 0.249 e. The Morgan fingerprint density at radius 3 is 2.59 bits per heavy atom. The van der Waals surface area contributed by atoms with Gasteiger partial charge in [0.1, 0.15) is 0 Å². The van der Waals surface area contributed by atoms with Crippen molar-refractivity contribution < 1.29 is 9.59 Å². The lowest BCUT2D eigenvalue weighted by Crippen LogP contribution is -2.39. The molecule has 0 saturated heterocycles. The van der Waals surface area contributed by atoms with Gasteiger partial charge in [-0.3, -0.25) is 14.6 Å². The number of nitriles is 1. The minimum absolute atomic E-state index is 0.374. The number of rotatable bonds is 1. The van der Waals surface area contributed by atoms with Crippen LogP contribution in [0, 0.1) is 17.2 Å². The second-order valence-electron chi connectivity index (χ2n) is 3.65. The first-order valence-electron chi connectivity index (χ1n) is 5.01. The minimum atomic E-state index is -1.26. The lowest BCUT2D eigenvalue weighted by Gasteiger charge is -2.20. The number of ketones is 1. The molecule has 0 radical (unpaired) electrons. The smallest absolute Gasteiger partial charge is 0.249 e. The number of pyridine rings is 1. The lowest BCUT2D eigenvalue weighted by molar-refractivity contribution is -0.129. The van der Waals surface area contributed by atoms with Crippen molar-refractivity contribution in [2.75, 3.05) is 0 Å². The summed E-state index contributed by atoms with van der Waals surface area (Å²) in [5, 5.41) is 11.4. The van der Waals surface area contributed by atoms with E-state index < -0.39 is 17.6 Å². The van der Waals surface area contributed by atoms with Crippen LogP contribution in [-0.2, 0) is 9.59 Å². The van der Waals surface area contributed by atoms with Crippen molar-refractivity contribution in [3.05, 3.63) is 35.8 Å². The molecule has 1 aliphatic heterocycles. The fourth-order valence-corrected chi connectivity index (χ4v) is 1.76. The van der Waals surface area contributed by atoms with Gasteiger partial charge < -0.3 is 5.32 Å². The summed E-state index contributed by atoms with van der Waals surface area (Å²) in [7, 11) is 0. The van der Waals surface area contributed by atoms with Gasteiger partial charge in [-0.05, 0) is 24.6 Å². The average molecular weight is 227 g/mol. The lowest BCUT2D eigenvalue weighted by atomic mass is 9.89. The number of allylic oxidation sites excluding steroid dienone is 2. The van der Waals surface area contributed by atoms with Crippen molar-refractivity contribution >= 4 is 17.3 Å². The second kappa shape index (κ2) is 4.18. The Bertz CT molecular complexity index is 555. The number of Topliss-reactive ketones (excluding diaryl/α,β-unsaturated/α-hetero) is 1.